The van der Waals surface area contributed by atoms with Gasteiger partial charge < -0.3 is 19.5 Å². The lowest BCUT2D eigenvalue weighted by Gasteiger charge is -2.28. The standard InChI is InChI=1S/C17H26ClNO3/c1-19(10-14-6-8-21-9-7-14)11-17(20)13-22-12-15-2-4-16(18)5-3-15/h2-5,14,17,20H,6-13H2,1H3. The fourth-order valence-corrected chi connectivity index (χ4v) is 2.88. The van der Waals surface area contributed by atoms with Gasteiger partial charge in [0.15, 0.2) is 0 Å². The Kier molecular flexibility index (Phi) is 7.63. The summed E-state index contributed by atoms with van der Waals surface area (Å²) < 4.78 is 10.9. The van der Waals surface area contributed by atoms with Gasteiger partial charge in [-0.3, -0.25) is 0 Å². The zero-order valence-corrected chi connectivity index (χ0v) is 14.0. The maximum atomic E-state index is 10.1. The van der Waals surface area contributed by atoms with Crippen LogP contribution in [0.25, 0.3) is 0 Å². The Bertz CT molecular complexity index is 420. The molecule has 1 fully saturated rings. The maximum Gasteiger partial charge on any atom is 0.0900 e. The zero-order valence-electron chi connectivity index (χ0n) is 13.2. The first kappa shape index (κ1) is 17.7. The van der Waals surface area contributed by atoms with Gasteiger partial charge in [-0.15, -0.1) is 0 Å². The largest absolute Gasteiger partial charge is 0.389 e. The molecule has 1 aromatic rings. The molecule has 0 bridgehead atoms. The number of hydrogen-bond donors (Lipinski definition) is 1. The lowest BCUT2D eigenvalue weighted by atomic mass is 10.00. The second kappa shape index (κ2) is 9.48. The molecule has 0 radical (unpaired) electrons. The van der Waals surface area contributed by atoms with Crippen molar-refractivity contribution in [2.75, 3.05) is 40.0 Å². The molecule has 1 heterocycles. The molecule has 1 aliphatic rings. The van der Waals surface area contributed by atoms with Crippen molar-refractivity contribution in [3.8, 4) is 0 Å². The number of aliphatic hydroxyl groups excluding tert-OH is 1. The molecule has 0 saturated carbocycles. The van der Waals surface area contributed by atoms with Gasteiger partial charge in [0.2, 0.25) is 0 Å². The summed E-state index contributed by atoms with van der Waals surface area (Å²) in [6.07, 6.45) is 1.78. The molecule has 0 aromatic heterocycles. The van der Waals surface area contributed by atoms with Crippen LogP contribution >= 0.6 is 11.6 Å². The summed E-state index contributed by atoms with van der Waals surface area (Å²) in [5.74, 6) is 0.681. The number of rotatable bonds is 8. The quantitative estimate of drug-likeness (QED) is 0.797. The topological polar surface area (TPSA) is 41.9 Å². The van der Waals surface area contributed by atoms with Crippen LogP contribution in [0.4, 0.5) is 0 Å². The van der Waals surface area contributed by atoms with Gasteiger partial charge >= 0.3 is 0 Å². The van der Waals surface area contributed by atoms with Crippen molar-refractivity contribution in [2.45, 2.75) is 25.6 Å². The van der Waals surface area contributed by atoms with Crippen LogP contribution in [-0.4, -0.2) is 56.1 Å². The highest BCUT2D eigenvalue weighted by Crippen LogP contribution is 2.15. The van der Waals surface area contributed by atoms with Crippen LogP contribution in [-0.2, 0) is 16.1 Å². The van der Waals surface area contributed by atoms with E-state index in [0.717, 1.165) is 43.2 Å². The van der Waals surface area contributed by atoms with Gasteiger partial charge in [0.05, 0.1) is 19.3 Å². The Balaban J connectivity index is 1.60. The predicted octanol–water partition coefficient (Wildman–Crippen LogP) is 2.58. The molecule has 1 N–H and O–H groups in total. The van der Waals surface area contributed by atoms with E-state index in [9.17, 15) is 5.11 Å². The van der Waals surface area contributed by atoms with Crippen molar-refractivity contribution >= 4 is 11.6 Å². The molecule has 0 spiro atoms. The Morgan fingerprint density at radius 1 is 1.32 bits per heavy atom. The third kappa shape index (κ3) is 6.63. The van der Waals surface area contributed by atoms with E-state index >= 15 is 0 Å². The highest BCUT2D eigenvalue weighted by molar-refractivity contribution is 6.30. The van der Waals surface area contributed by atoms with E-state index in [0.29, 0.717) is 25.7 Å². The van der Waals surface area contributed by atoms with Crippen molar-refractivity contribution in [3.63, 3.8) is 0 Å². The maximum absolute atomic E-state index is 10.1. The van der Waals surface area contributed by atoms with Crippen molar-refractivity contribution < 1.29 is 14.6 Å². The highest BCUT2D eigenvalue weighted by atomic mass is 35.5. The average Bonchev–Trinajstić information content (AvgIpc) is 2.50. The molecule has 1 aliphatic heterocycles. The first-order chi connectivity index (χ1) is 10.6. The fourth-order valence-electron chi connectivity index (χ4n) is 2.75. The summed E-state index contributed by atoms with van der Waals surface area (Å²) >= 11 is 5.84. The smallest absolute Gasteiger partial charge is 0.0900 e. The van der Waals surface area contributed by atoms with Crippen LogP contribution in [0.1, 0.15) is 18.4 Å². The van der Waals surface area contributed by atoms with Crippen LogP contribution in [0, 0.1) is 5.92 Å². The molecular weight excluding hydrogens is 302 g/mol. The van der Waals surface area contributed by atoms with Gasteiger partial charge in [0, 0.05) is 31.3 Å². The van der Waals surface area contributed by atoms with Gasteiger partial charge in [-0.1, -0.05) is 23.7 Å². The number of halogens is 1. The Labute approximate surface area is 138 Å². The molecule has 22 heavy (non-hydrogen) atoms. The van der Waals surface area contributed by atoms with Crippen molar-refractivity contribution in [1.29, 1.82) is 0 Å². The molecule has 1 unspecified atom stereocenters. The van der Waals surface area contributed by atoms with Crippen molar-refractivity contribution in [1.82, 2.24) is 4.90 Å². The van der Waals surface area contributed by atoms with E-state index in [1.807, 2.05) is 24.3 Å². The molecule has 4 nitrogen and oxygen atoms in total. The van der Waals surface area contributed by atoms with E-state index in [2.05, 4.69) is 11.9 Å². The number of likely N-dealkylation sites (N-methyl/N-ethyl adjacent to an activating group) is 1. The monoisotopic (exact) mass is 327 g/mol. The van der Waals surface area contributed by atoms with E-state index in [1.165, 1.54) is 0 Å². The van der Waals surface area contributed by atoms with Gasteiger partial charge in [-0.2, -0.15) is 0 Å². The Hall–Kier alpha value is -0.650. The second-order valence-electron chi connectivity index (χ2n) is 6.07. The summed E-state index contributed by atoms with van der Waals surface area (Å²) in [6, 6.07) is 7.56. The third-order valence-corrected chi connectivity index (χ3v) is 4.18. The van der Waals surface area contributed by atoms with Crippen LogP contribution in [0.2, 0.25) is 5.02 Å². The van der Waals surface area contributed by atoms with Gasteiger partial charge in [-0.25, -0.2) is 0 Å². The van der Waals surface area contributed by atoms with Crippen LogP contribution in [0.15, 0.2) is 24.3 Å². The van der Waals surface area contributed by atoms with Gasteiger partial charge in [-0.05, 0) is 43.5 Å². The molecule has 1 atom stereocenters. The molecule has 0 aliphatic carbocycles. The highest BCUT2D eigenvalue weighted by Gasteiger charge is 2.17. The molecule has 5 heteroatoms. The Morgan fingerprint density at radius 3 is 2.68 bits per heavy atom. The minimum atomic E-state index is -0.461. The van der Waals surface area contributed by atoms with E-state index in [4.69, 9.17) is 21.1 Å². The van der Waals surface area contributed by atoms with E-state index in [1.54, 1.807) is 0 Å². The van der Waals surface area contributed by atoms with Crippen LogP contribution < -0.4 is 0 Å². The summed E-state index contributed by atoms with van der Waals surface area (Å²) in [4.78, 5) is 2.19. The number of ether oxygens (including phenoxy) is 2. The molecule has 1 aromatic carbocycles. The molecular formula is C17H26ClNO3. The molecule has 124 valence electrons. The van der Waals surface area contributed by atoms with Crippen molar-refractivity contribution in [3.05, 3.63) is 34.9 Å². The van der Waals surface area contributed by atoms with Crippen LogP contribution in [0.5, 0.6) is 0 Å². The predicted molar refractivity (Wildman–Crippen MR) is 88.2 cm³/mol. The summed E-state index contributed by atoms with van der Waals surface area (Å²) in [6.45, 7) is 4.23. The minimum absolute atomic E-state index is 0.348. The normalized spacial score (nSPS) is 17.8. The molecule has 1 saturated heterocycles. The summed E-state index contributed by atoms with van der Waals surface area (Å²) in [7, 11) is 2.05. The lowest BCUT2D eigenvalue weighted by molar-refractivity contribution is 0.00613. The van der Waals surface area contributed by atoms with E-state index in [-0.39, 0.29) is 0 Å². The SMILES string of the molecule is CN(CC(O)COCc1ccc(Cl)cc1)CC1CCOCC1. The Morgan fingerprint density at radius 2 is 2.00 bits per heavy atom. The fraction of sp³-hybridized carbons (Fsp3) is 0.647. The first-order valence-electron chi connectivity index (χ1n) is 7.90. The summed E-state index contributed by atoms with van der Waals surface area (Å²) in [5.41, 5.74) is 1.06. The van der Waals surface area contributed by atoms with E-state index < -0.39 is 6.10 Å². The molecule has 2 rings (SSSR count). The van der Waals surface area contributed by atoms with Gasteiger partial charge in [0.1, 0.15) is 0 Å². The average molecular weight is 328 g/mol. The molecule has 0 amide bonds. The number of aliphatic hydroxyl groups is 1. The van der Waals surface area contributed by atoms with Gasteiger partial charge in [0.25, 0.3) is 0 Å². The van der Waals surface area contributed by atoms with Crippen LogP contribution in [0.3, 0.4) is 0 Å². The van der Waals surface area contributed by atoms with Crippen molar-refractivity contribution in [2.24, 2.45) is 5.92 Å². The number of benzene rings is 1. The third-order valence-electron chi connectivity index (χ3n) is 3.93. The lowest BCUT2D eigenvalue weighted by Crippen LogP contribution is -2.36. The second-order valence-corrected chi connectivity index (χ2v) is 6.51. The summed E-state index contributed by atoms with van der Waals surface area (Å²) in [5, 5.41) is 10.8. The zero-order chi connectivity index (χ0) is 15.8. The number of nitrogens with zero attached hydrogens (tertiary/aromatic N) is 1. The first-order valence-corrected chi connectivity index (χ1v) is 8.28. The minimum Gasteiger partial charge on any atom is -0.389 e. The number of hydrogen-bond acceptors (Lipinski definition) is 4.